The van der Waals surface area contributed by atoms with E-state index in [1.807, 2.05) is 60.0 Å². The number of para-hydroxylation sites is 2. The van der Waals surface area contributed by atoms with Crippen LogP contribution in [0.25, 0.3) is 16.7 Å². The number of fused-ring (bicyclic) bond motifs is 1. The van der Waals surface area contributed by atoms with Crippen LogP contribution in [0.1, 0.15) is 13.8 Å². The highest BCUT2D eigenvalue weighted by Gasteiger charge is 2.20. The number of aromatic nitrogens is 2. The van der Waals surface area contributed by atoms with Gasteiger partial charge >= 0.3 is 0 Å². The van der Waals surface area contributed by atoms with Gasteiger partial charge in [0.05, 0.1) is 24.1 Å². The van der Waals surface area contributed by atoms with Crippen LogP contribution in [0.2, 0.25) is 0 Å². The molecule has 6 nitrogen and oxygen atoms in total. The van der Waals surface area contributed by atoms with Gasteiger partial charge in [0.15, 0.2) is 0 Å². The van der Waals surface area contributed by atoms with E-state index in [1.165, 1.54) is 0 Å². The Balaban J connectivity index is 2.07. The molecule has 2 unspecified atom stereocenters. The molecule has 0 aliphatic heterocycles. The quantitative estimate of drug-likeness (QED) is 0.749. The zero-order valence-electron chi connectivity index (χ0n) is 14.6. The predicted molar refractivity (Wildman–Crippen MR) is 99.1 cm³/mol. The number of carbonyl (C=O) groups is 1. The Morgan fingerprint density at radius 2 is 1.84 bits per heavy atom. The number of nitrogens with zero attached hydrogens (tertiary/aromatic N) is 2. The molecule has 0 aliphatic carbocycles. The SMILES string of the molecule is COc1ccc(-n2c(NC(=O)C(C)C(C)N)nc3ccccc32)cc1. The first-order valence-electron chi connectivity index (χ1n) is 8.19. The Morgan fingerprint density at radius 1 is 1.16 bits per heavy atom. The fourth-order valence-corrected chi connectivity index (χ4v) is 2.57. The van der Waals surface area contributed by atoms with Crippen LogP contribution in [0.3, 0.4) is 0 Å². The van der Waals surface area contributed by atoms with Gasteiger partial charge in [-0.25, -0.2) is 4.98 Å². The second-order valence-electron chi connectivity index (χ2n) is 6.09. The van der Waals surface area contributed by atoms with Crippen molar-refractivity contribution in [3.63, 3.8) is 0 Å². The van der Waals surface area contributed by atoms with Crippen molar-refractivity contribution in [1.29, 1.82) is 0 Å². The van der Waals surface area contributed by atoms with Crippen LogP contribution >= 0.6 is 0 Å². The molecule has 0 bridgehead atoms. The number of carbonyl (C=O) groups excluding carboxylic acids is 1. The largest absolute Gasteiger partial charge is 0.497 e. The monoisotopic (exact) mass is 338 g/mol. The number of nitrogens with one attached hydrogen (secondary N) is 1. The molecular formula is C19H22N4O2. The molecule has 3 N–H and O–H groups in total. The highest BCUT2D eigenvalue weighted by atomic mass is 16.5. The second kappa shape index (κ2) is 6.94. The Bertz CT molecular complexity index is 884. The van der Waals surface area contributed by atoms with Gasteiger partial charge in [0.2, 0.25) is 11.9 Å². The van der Waals surface area contributed by atoms with Gasteiger partial charge in [-0.05, 0) is 43.3 Å². The van der Waals surface area contributed by atoms with Crippen molar-refractivity contribution < 1.29 is 9.53 Å². The second-order valence-corrected chi connectivity index (χ2v) is 6.09. The van der Waals surface area contributed by atoms with E-state index >= 15 is 0 Å². The molecule has 1 heterocycles. The molecular weight excluding hydrogens is 316 g/mol. The maximum Gasteiger partial charge on any atom is 0.231 e. The zero-order chi connectivity index (χ0) is 18.0. The summed E-state index contributed by atoms with van der Waals surface area (Å²) in [7, 11) is 1.63. The smallest absolute Gasteiger partial charge is 0.231 e. The molecule has 2 atom stereocenters. The maximum atomic E-state index is 12.5. The third-order valence-electron chi connectivity index (χ3n) is 4.33. The minimum atomic E-state index is -0.316. The lowest BCUT2D eigenvalue weighted by molar-refractivity contribution is -0.119. The van der Waals surface area contributed by atoms with Crippen LogP contribution in [-0.2, 0) is 4.79 Å². The summed E-state index contributed by atoms with van der Waals surface area (Å²) in [6, 6.07) is 15.1. The maximum absolute atomic E-state index is 12.5. The van der Waals surface area contributed by atoms with Crippen molar-refractivity contribution in [3.8, 4) is 11.4 Å². The molecule has 0 aliphatic rings. The van der Waals surface area contributed by atoms with Gasteiger partial charge in [-0.1, -0.05) is 19.1 Å². The molecule has 25 heavy (non-hydrogen) atoms. The first-order valence-corrected chi connectivity index (χ1v) is 8.19. The topological polar surface area (TPSA) is 82.2 Å². The summed E-state index contributed by atoms with van der Waals surface area (Å²) in [5.41, 5.74) is 8.45. The van der Waals surface area contributed by atoms with E-state index in [0.717, 1.165) is 22.5 Å². The number of anilines is 1. The molecule has 0 saturated heterocycles. The van der Waals surface area contributed by atoms with Gasteiger partial charge in [0.25, 0.3) is 0 Å². The summed E-state index contributed by atoms with van der Waals surface area (Å²) in [5.74, 6) is 0.775. The zero-order valence-corrected chi connectivity index (χ0v) is 14.6. The van der Waals surface area contributed by atoms with E-state index in [9.17, 15) is 4.79 Å². The van der Waals surface area contributed by atoms with E-state index in [2.05, 4.69) is 10.3 Å². The summed E-state index contributed by atoms with van der Waals surface area (Å²) < 4.78 is 7.14. The predicted octanol–water partition coefficient (Wildman–Crippen LogP) is 2.96. The number of benzene rings is 2. The number of ether oxygens (including phenoxy) is 1. The van der Waals surface area contributed by atoms with E-state index in [1.54, 1.807) is 14.0 Å². The summed E-state index contributed by atoms with van der Waals surface area (Å²) in [6.45, 7) is 3.62. The molecule has 1 amide bonds. The highest BCUT2D eigenvalue weighted by Crippen LogP contribution is 2.26. The fourth-order valence-electron chi connectivity index (χ4n) is 2.57. The van der Waals surface area contributed by atoms with Gasteiger partial charge in [-0.2, -0.15) is 0 Å². The van der Waals surface area contributed by atoms with E-state index in [0.29, 0.717) is 5.95 Å². The van der Waals surface area contributed by atoms with Gasteiger partial charge in [-0.3, -0.25) is 14.7 Å². The Kier molecular flexibility index (Phi) is 4.72. The number of nitrogens with two attached hydrogens (primary N) is 1. The van der Waals surface area contributed by atoms with Crippen molar-refractivity contribution >= 4 is 22.9 Å². The summed E-state index contributed by atoms with van der Waals surface area (Å²) in [4.78, 5) is 17.0. The Morgan fingerprint density at radius 3 is 2.48 bits per heavy atom. The van der Waals surface area contributed by atoms with Crippen molar-refractivity contribution in [1.82, 2.24) is 9.55 Å². The first kappa shape index (κ1) is 17.0. The Labute approximate surface area is 146 Å². The number of hydrogen-bond donors (Lipinski definition) is 2. The van der Waals surface area contributed by atoms with Gasteiger partial charge in [0, 0.05) is 11.7 Å². The first-order chi connectivity index (χ1) is 12.0. The van der Waals surface area contributed by atoms with Gasteiger partial charge in [0.1, 0.15) is 5.75 Å². The number of amides is 1. The molecule has 6 heteroatoms. The van der Waals surface area contributed by atoms with Crippen molar-refractivity contribution in [2.24, 2.45) is 11.7 Å². The molecule has 3 rings (SSSR count). The minimum absolute atomic E-state index is 0.153. The standard InChI is InChI=1S/C19H22N4O2/c1-12(13(2)20)18(24)22-19-21-16-6-4-5-7-17(16)23(19)14-8-10-15(25-3)11-9-14/h4-13H,20H2,1-3H3,(H,21,22,24). The number of rotatable bonds is 5. The average molecular weight is 338 g/mol. The van der Waals surface area contributed by atoms with Crippen LogP contribution in [0, 0.1) is 5.92 Å². The molecule has 0 spiro atoms. The van der Waals surface area contributed by atoms with E-state index in [-0.39, 0.29) is 17.9 Å². The highest BCUT2D eigenvalue weighted by molar-refractivity contribution is 5.94. The molecule has 0 saturated carbocycles. The molecule has 1 aromatic heterocycles. The molecule has 0 fully saturated rings. The van der Waals surface area contributed by atoms with E-state index in [4.69, 9.17) is 10.5 Å². The van der Waals surface area contributed by atoms with E-state index < -0.39 is 0 Å². The molecule has 130 valence electrons. The van der Waals surface area contributed by atoms with Gasteiger partial charge < -0.3 is 10.5 Å². The Hall–Kier alpha value is -2.86. The lowest BCUT2D eigenvalue weighted by atomic mass is 10.0. The summed E-state index contributed by atoms with van der Waals surface area (Å²) in [6.07, 6.45) is 0. The lowest BCUT2D eigenvalue weighted by Crippen LogP contribution is -2.34. The van der Waals surface area contributed by atoms with Crippen molar-refractivity contribution in [3.05, 3.63) is 48.5 Å². The third kappa shape index (κ3) is 3.34. The normalized spacial score (nSPS) is 13.4. The number of hydrogen-bond acceptors (Lipinski definition) is 4. The lowest BCUT2D eigenvalue weighted by Gasteiger charge is -2.16. The van der Waals surface area contributed by atoms with Crippen LogP contribution < -0.4 is 15.8 Å². The van der Waals surface area contributed by atoms with Crippen LogP contribution in [0.15, 0.2) is 48.5 Å². The minimum Gasteiger partial charge on any atom is -0.497 e. The van der Waals surface area contributed by atoms with Crippen molar-refractivity contribution in [2.45, 2.75) is 19.9 Å². The van der Waals surface area contributed by atoms with Crippen LogP contribution in [-0.4, -0.2) is 28.6 Å². The van der Waals surface area contributed by atoms with Crippen LogP contribution in [0.5, 0.6) is 5.75 Å². The summed E-state index contributed by atoms with van der Waals surface area (Å²) >= 11 is 0. The molecule has 2 aromatic carbocycles. The summed E-state index contributed by atoms with van der Waals surface area (Å²) in [5, 5.41) is 2.91. The molecule has 3 aromatic rings. The average Bonchev–Trinajstić information content (AvgIpc) is 2.98. The third-order valence-corrected chi connectivity index (χ3v) is 4.33. The number of imidazole rings is 1. The fraction of sp³-hybridized carbons (Fsp3) is 0.263. The number of methoxy groups -OCH3 is 1. The van der Waals surface area contributed by atoms with Gasteiger partial charge in [-0.15, -0.1) is 0 Å². The van der Waals surface area contributed by atoms with Crippen molar-refractivity contribution in [2.75, 3.05) is 12.4 Å². The van der Waals surface area contributed by atoms with Crippen LogP contribution in [0.4, 0.5) is 5.95 Å². The molecule has 0 radical (unpaired) electrons.